The number of amides is 2. The number of hydrogen-bond donors (Lipinski definition) is 2. The summed E-state index contributed by atoms with van der Waals surface area (Å²) in [7, 11) is 0. The Labute approximate surface area is 171 Å². The van der Waals surface area contributed by atoms with Gasteiger partial charge in [0, 0.05) is 24.8 Å². The lowest BCUT2D eigenvalue weighted by Gasteiger charge is -2.55. The van der Waals surface area contributed by atoms with Gasteiger partial charge in [0.25, 0.3) is 0 Å². The highest BCUT2D eigenvalue weighted by Gasteiger charge is 2.53. The van der Waals surface area contributed by atoms with Gasteiger partial charge in [-0.05, 0) is 29.5 Å². The molecule has 1 saturated heterocycles. The Morgan fingerprint density at radius 3 is 2.24 bits per heavy atom. The molecule has 0 aromatic heterocycles. The molecule has 0 radical (unpaired) electrons. The van der Waals surface area contributed by atoms with E-state index in [4.69, 9.17) is 0 Å². The summed E-state index contributed by atoms with van der Waals surface area (Å²) in [6, 6.07) is 18.2. The molecule has 1 aliphatic heterocycles. The summed E-state index contributed by atoms with van der Waals surface area (Å²) in [5.41, 5.74) is 3.39. The predicted molar refractivity (Wildman–Crippen MR) is 112 cm³/mol. The van der Waals surface area contributed by atoms with E-state index in [2.05, 4.69) is 41.7 Å². The van der Waals surface area contributed by atoms with E-state index in [1.54, 1.807) is 0 Å². The highest BCUT2D eigenvalue weighted by atomic mass is 16.3. The van der Waals surface area contributed by atoms with Crippen LogP contribution in [-0.4, -0.2) is 47.1 Å². The van der Waals surface area contributed by atoms with Gasteiger partial charge in [-0.3, -0.25) is 9.59 Å². The van der Waals surface area contributed by atoms with Crippen molar-refractivity contribution in [3.05, 3.63) is 60.2 Å². The fraction of sp³-hybridized carbons (Fsp3) is 0.417. The van der Waals surface area contributed by atoms with Gasteiger partial charge in [-0.15, -0.1) is 0 Å². The van der Waals surface area contributed by atoms with Gasteiger partial charge in [-0.2, -0.15) is 0 Å². The standard InChI is InChI=1S/C24H28N2O3/c1-2-22(28)25-14-20-23(21(15-27)26(20)24(29)19-12-13-19)18-10-8-17(9-11-18)16-6-4-3-5-7-16/h3-11,19-21,23,27H,2,12-15H2,1H3,(H,25,28)/t20-,21+,23+/m0/s1. The van der Waals surface area contributed by atoms with Crippen LogP contribution < -0.4 is 5.32 Å². The molecule has 2 aromatic carbocycles. The first-order chi connectivity index (χ1) is 14.1. The number of aliphatic hydroxyl groups excluding tert-OH is 1. The molecule has 152 valence electrons. The van der Waals surface area contributed by atoms with Crippen LogP contribution in [0.5, 0.6) is 0 Å². The number of likely N-dealkylation sites (tertiary alicyclic amines) is 1. The summed E-state index contributed by atoms with van der Waals surface area (Å²) in [4.78, 5) is 26.4. The lowest BCUT2D eigenvalue weighted by atomic mass is 9.74. The lowest BCUT2D eigenvalue weighted by molar-refractivity contribution is -0.152. The van der Waals surface area contributed by atoms with Gasteiger partial charge in [-0.25, -0.2) is 0 Å². The van der Waals surface area contributed by atoms with Crippen molar-refractivity contribution in [1.82, 2.24) is 10.2 Å². The molecule has 4 rings (SSSR count). The molecule has 29 heavy (non-hydrogen) atoms. The maximum atomic E-state index is 12.8. The van der Waals surface area contributed by atoms with Gasteiger partial charge in [0.1, 0.15) is 0 Å². The average Bonchev–Trinajstić information content (AvgIpc) is 3.59. The second-order valence-corrected chi connectivity index (χ2v) is 8.01. The summed E-state index contributed by atoms with van der Waals surface area (Å²) in [6.45, 7) is 2.17. The fourth-order valence-corrected chi connectivity index (χ4v) is 4.36. The number of nitrogens with zero attached hydrogens (tertiary/aromatic N) is 1. The summed E-state index contributed by atoms with van der Waals surface area (Å²) in [5, 5.41) is 13.0. The topological polar surface area (TPSA) is 69.6 Å². The van der Waals surface area contributed by atoms with E-state index in [1.165, 1.54) is 0 Å². The second kappa shape index (κ2) is 8.37. The van der Waals surface area contributed by atoms with Crippen molar-refractivity contribution in [3.8, 4) is 11.1 Å². The Bertz CT molecular complexity index is 861. The van der Waals surface area contributed by atoms with E-state index in [0.29, 0.717) is 13.0 Å². The highest BCUT2D eigenvalue weighted by molar-refractivity contribution is 5.83. The predicted octanol–water partition coefficient (Wildman–Crippen LogP) is 2.95. The Morgan fingerprint density at radius 1 is 1.00 bits per heavy atom. The normalized spacial score (nSPS) is 23.4. The van der Waals surface area contributed by atoms with Crippen LogP contribution in [0.15, 0.2) is 54.6 Å². The second-order valence-electron chi connectivity index (χ2n) is 8.01. The van der Waals surface area contributed by atoms with Crippen LogP contribution in [0, 0.1) is 5.92 Å². The highest BCUT2D eigenvalue weighted by Crippen LogP contribution is 2.44. The minimum absolute atomic E-state index is 0.0182. The van der Waals surface area contributed by atoms with Crippen molar-refractivity contribution in [3.63, 3.8) is 0 Å². The van der Waals surface area contributed by atoms with Crippen LogP contribution in [-0.2, 0) is 9.59 Å². The molecule has 2 aliphatic rings. The van der Waals surface area contributed by atoms with Crippen molar-refractivity contribution >= 4 is 11.8 Å². The number of hydrogen-bond acceptors (Lipinski definition) is 3. The minimum atomic E-state index is -0.228. The van der Waals surface area contributed by atoms with Crippen LogP contribution in [0.25, 0.3) is 11.1 Å². The minimum Gasteiger partial charge on any atom is -0.394 e. The van der Waals surface area contributed by atoms with Crippen molar-refractivity contribution in [1.29, 1.82) is 0 Å². The van der Waals surface area contributed by atoms with Crippen LogP contribution in [0.3, 0.4) is 0 Å². The molecule has 2 amide bonds. The molecule has 2 N–H and O–H groups in total. The van der Waals surface area contributed by atoms with Gasteiger partial charge in [0.15, 0.2) is 0 Å². The van der Waals surface area contributed by atoms with Gasteiger partial charge in [0.05, 0.1) is 18.7 Å². The third-order valence-electron chi connectivity index (χ3n) is 6.14. The SMILES string of the molecule is CCC(=O)NC[C@H]1[C@@H](c2ccc(-c3ccccc3)cc2)[C@@H](CO)N1C(=O)C1CC1. The number of rotatable bonds is 7. The van der Waals surface area contributed by atoms with E-state index in [-0.39, 0.29) is 42.3 Å². The number of aliphatic hydroxyl groups is 1. The molecule has 0 unspecified atom stereocenters. The number of nitrogens with one attached hydrogen (secondary N) is 1. The molecule has 1 aliphatic carbocycles. The Hall–Kier alpha value is -2.66. The van der Waals surface area contributed by atoms with E-state index in [0.717, 1.165) is 29.5 Å². The van der Waals surface area contributed by atoms with Gasteiger partial charge in [-0.1, -0.05) is 61.5 Å². The maximum absolute atomic E-state index is 12.8. The number of carbonyl (C=O) groups excluding carboxylic acids is 2. The summed E-state index contributed by atoms with van der Waals surface area (Å²) in [5.74, 6) is 0.214. The molecule has 5 heteroatoms. The number of carbonyl (C=O) groups is 2. The van der Waals surface area contributed by atoms with Crippen LogP contribution in [0.1, 0.15) is 37.7 Å². The Morgan fingerprint density at radius 2 is 1.66 bits per heavy atom. The van der Waals surface area contributed by atoms with Gasteiger partial charge < -0.3 is 15.3 Å². The maximum Gasteiger partial charge on any atom is 0.226 e. The molecular weight excluding hydrogens is 364 g/mol. The van der Waals surface area contributed by atoms with Crippen molar-refractivity contribution in [2.45, 2.75) is 44.2 Å². The molecule has 2 fully saturated rings. The smallest absolute Gasteiger partial charge is 0.226 e. The Balaban J connectivity index is 1.57. The molecule has 0 bridgehead atoms. The monoisotopic (exact) mass is 392 g/mol. The largest absolute Gasteiger partial charge is 0.394 e. The first-order valence-corrected chi connectivity index (χ1v) is 10.5. The van der Waals surface area contributed by atoms with Crippen molar-refractivity contribution in [2.24, 2.45) is 5.92 Å². The molecule has 2 aromatic rings. The molecule has 0 spiro atoms. The van der Waals surface area contributed by atoms with Crippen LogP contribution in [0.2, 0.25) is 0 Å². The third-order valence-corrected chi connectivity index (χ3v) is 6.14. The lowest BCUT2D eigenvalue weighted by Crippen LogP contribution is -2.68. The van der Waals surface area contributed by atoms with E-state index in [1.807, 2.05) is 30.0 Å². The van der Waals surface area contributed by atoms with Crippen LogP contribution >= 0.6 is 0 Å². The van der Waals surface area contributed by atoms with Gasteiger partial charge >= 0.3 is 0 Å². The fourth-order valence-electron chi connectivity index (χ4n) is 4.36. The molecule has 3 atom stereocenters. The molecular formula is C24H28N2O3. The third kappa shape index (κ3) is 3.92. The average molecular weight is 392 g/mol. The van der Waals surface area contributed by atoms with Crippen LogP contribution in [0.4, 0.5) is 0 Å². The van der Waals surface area contributed by atoms with Crippen molar-refractivity contribution in [2.75, 3.05) is 13.2 Å². The zero-order valence-electron chi connectivity index (χ0n) is 16.8. The van der Waals surface area contributed by atoms with Crippen molar-refractivity contribution < 1.29 is 14.7 Å². The molecule has 5 nitrogen and oxygen atoms in total. The molecule has 1 heterocycles. The van der Waals surface area contributed by atoms with Gasteiger partial charge in [0.2, 0.25) is 11.8 Å². The van der Waals surface area contributed by atoms with E-state index >= 15 is 0 Å². The first-order valence-electron chi connectivity index (χ1n) is 10.5. The zero-order chi connectivity index (χ0) is 20.4. The first kappa shape index (κ1) is 19.6. The summed E-state index contributed by atoms with van der Waals surface area (Å²) < 4.78 is 0. The van der Waals surface area contributed by atoms with E-state index in [9.17, 15) is 14.7 Å². The Kier molecular flexibility index (Phi) is 5.67. The number of benzene rings is 2. The van der Waals surface area contributed by atoms with E-state index < -0.39 is 0 Å². The zero-order valence-corrected chi connectivity index (χ0v) is 16.8. The summed E-state index contributed by atoms with van der Waals surface area (Å²) in [6.07, 6.45) is 2.28. The molecule has 1 saturated carbocycles. The quantitative estimate of drug-likeness (QED) is 0.761. The summed E-state index contributed by atoms with van der Waals surface area (Å²) >= 11 is 0.